The number of ether oxygens (including phenoxy) is 1. The molecule has 5 rings (SSSR count). The van der Waals surface area contributed by atoms with Gasteiger partial charge in [0.2, 0.25) is 0 Å². The number of nitrogen functional groups attached to an aromatic ring is 1. The summed E-state index contributed by atoms with van der Waals surface area (Å²) >= 11 is 0. The van der Waals surface area contributed by atoms with Gasteiger partial charge in [-0.3, -0.25) is 0 Å². The number of benzene rings is 1. The summed E-state index contributed by atoms with van der Waals surface area (Å²) in [5, 5.41) is 5.32. The first kappa shape index (κ1) is 18.8. The number of nitrogens with zero attached hydrogens (tertiary/aromatic N) is 4. The first-order chi connectivity index (χ1) is 14.7. The molecule has 0 radical (unpaired) electrons. The third-order valence-corrected chi connectivity index (χ3v) is 5.80. The molecule has 0 saturated carbocycles. The second kappa shape index (κ2) is 7.91. The molecule has 2 atom stereocenters. The second-order valence-corrected chi connectivity index (χ2v) is 7.80. The van der Waals surface area contributed by atoms with Gasteiger partial charge in [-0.1, -0.05) is 12.1 Å². The third-order valence-electron chi connectivity index (χ3n) is 5.80. The van der Waals surface area contributed by atoms with Crippen molar-refractivity contribution in [1.82, 2.24) is 19.5 Å². The number of anilines is 2. The summed E-state index contributed by atoms with van der Waals surface area (Å²) in [6.07, 6.45) is 7.74. The van der Waals surface area contributed by atoms with E-state index < -0.39 is 0 Å². The molecule has 3 aromatic heterocycles. The maximum absolute atomic E-state index is 6.35. The molecule has 0 spiro atoms. The van der Waals surface area contributed by atoms with Gasteiger partial charge in [0.25, 0.3) is 0 Å². The molecule has 0 unspecified atom stereocenters. The molecule has 1 fully saturated rings. The van der Waals surface area contributed by atoms with Gasteiger partial charge >= 0.3 is 0 Å². The molecule has 4 aromatic rings. The Morgan fingerprint density at radius 1 is 1.17 bits per heavy atom. The second-order valence-electron chi connectivity index (χ2n) is 7.80. The van der Waals surface area contributed by atoms with Crippen LogP contribution in [0.15, 0.2) is 48.9 Å². The van der Waals surface area contributed by atoms with Crippen molar-refractivity contribution in [2.24, 2.45) is 0 Å². The van der Waals surface area contributed by atoms with E-state index in [-0.39, 0.29) is 12.3 Å². The number of nitrogens with two attached hydrogens (primary N) is 1. The summed E-state index contributed by atoms with van der Waals surface area (Å²) in [7, 11) is 0. The van der Waals surface area contributed by atoms with Crippen LogP contribution in [0.3, 0.4) is 0 Å². The van der Waals surface area contributed by atoms with Crippen LogP contribution < -0.4 is 11.1 Å². The molecular formula is C23H26N6O. The van der Waals surface area contributed by atoms with Crippen LogP contribution in [0.25, 0.3) is 21.9 Å². The van der Waals surface area contributed by atoms with E-state index in [1.165, 1.54) is 17.3 Å². The van der Waals surface area contributed by atoms with E-state index in [9.17, 15) is 0 Å². The van der Waals surface area contributed by atoms with Crippen molar-refractivity contribution >= 4 is 33.6 Å². The highest BCUT2D eigenvalue weighted by Crippen LogP contribution is 2.33. The lowest BCUT2D eigenvalue weighted by atomic mass is 10.0. The summed E-state index contributed by atoms with van der Waals surface area (Å²) in [4.78, 5) is 13.2. The Hall–Kier alpha value is -3.19. The Bertz CT molecular complexity index is 1190. The zero-order valence-corrected chi connectivity index (χ0v) is 17.1. The van der Waals surface area contributed by atoms with E-state index in [1.807, 2.05) is 18.3 Å². The van der Waals surface area contributed by atoms with E-state index in [1.54, 1.807) is 0 Å². The first-order valence-electron chi connectivity index (χ1n) is 10.6. The molecule has 4 heterocycles. The highest BCUT2D eigenvalue weighted by molar-refractivity contribution is 5.86. The van der Waals surface area contributed by atoms with Crippen molar-refractivity contribution in [3.63, 3.8) is 0 Å². The van der Waals surface area contributed by atoms with Crippen LogP contribution in [0.1, 0.15) is 38.0 Å². The van der Waals surface area contributed by atoms with Crippen molar-refractivity contribution in [2.45, 2.75) is 44.9 Å². The molecule has 3 N–H and O–H groups in total. The average molecular weight is 403 g/mol. The van der Waals surface area contributed by atoms with Gasteiger partial charge in [-0.25, -0.2) is 15.0 Å². The SMILES string of the molecule is CCNc1ccc2ccc(CC[C@@H]3CC[C@H](n4ccc5c(N)ncnc54)O3)cc2n1. The zero-order chi connectivity index (χ0) is 20.5. The Morgan fingerprint density at radius 2 is 2.07 bits per heavy atom. The Balaban J connectivity index is 1.25. The molecule has 154 valence electrons. The normalized spacial score (nSPS) is 19.0. The highest BCUT2D eigenvalue weighted by Gasteiger charge is 2.27. The van der Waals surface area contributed by atoms with Crippen molar-refractivity contribution in [3.8, 4) is 0 Å². The summed E-state index contributed by atoms with van der Waals surface area (Å²) in [6.45, 7) is 2.95. The number of hydrogen-bond acceptors (Lipinski definition) is 6. The molecule has 1 aromatic carbocycles. The molecule has 0 bridgehead atoms. The summed E-state index contributed by atoms with van der Waals surface area (Å²) in [5.41, 5.74) is 9.13. The molecule has 7 nitrogen and oxygen atoms in total. The lowest BCUT2D eigenvalue weighted by Gasteiger charge is -2.16. The summed E-state index contributed by atoms with van der Waals surface area (Å²) in [5.74, 6) is 1.43. The van der Waals surface area contributed by atoms with E-state index in [4.69, 9.17) is 15.5 Å². The molecular weight excluding hydrogens is 376 g/mol. The molecule has 7 heteroatoms. The lowest BCUT2D eigenvalue weighted by Crippen LogP contribution is -2.12. The van der Waals surface area contributed by atoms with Crippen LogP contribution in [0, 0.1) is 0 Å². The maximum atomic E-state index is 6.35. The molecule has 1 aliphatic rings. The van der Waals surface area contributed by atoms with Crippen molar-refractivity contribution in [1.29, 1.82) is 0 Å². The zero-order valence-electron chi connectivity index (χ0n) is 17.1. The number of aryl methyl sites for hydroxylation is 1. The van der Waals surface area contributed by atoms with Gasteiger partial charge in [0.05, 0.1) is 17.0 Å². The average Bonchev–Trinajstić information content (AvgIpc) is 3.40. The minimum atomic E-state index is 0.00254. The fraction of sp³-hybridized carbons (Fsp3) is 0.348. The Kier molecular flexibility index (Phi) is 4.96. The molecule has 1 aliphatic heterocycles. The largest absolute Gasteiger partial charge is 0.383 e. The van der Waals surface area contributed by atoms with E-state index in [0.717, 1.165) is 54.6 Å². The van der Waals surface area contributed by atoms with Crippen molar-refractivity contribution in [3.05, 3.63) is 54.5 Å². The van der Waals surface area contributed by atoms with Gasteiger partial charge in [-0.05, 0) is 62.4 Å². The standard InChI is InChI=1S/C23H26N6O/c1-2-25-20-9-6-16-5-3-15(13-19(16)28-20)4-7-17-8-10-21(30-17)29-12-11-18-22(24)26-14-27-23(18)29/h3,5-6,9,11-14,17,21H,2,4,7-8,10H2,1H3,(H,25,28)(H2,24,26,27)/t17-,21-/m1/s1. The van der Waals surface area contributed by atoms with Crippen LogP contribution in [-0.2, 0) is 11.2 Å². The lowest BCUT2D eigenvalue weighted by molar-refractivity contribution is 0.00120. The van der Waals surface area contributed by atoms with Gasteiger partial charge in [0, 0.05) is 18.1 Å². The highest BCUT2D eigenvalue weighted by atomic mass is 16.5. The van der Waals surface area contributed by atoms with Crippen molar-refractivity contribution in [2.75, 3.05) is 17.6 Å². The number of nitrogens with one attached hydrogen (secondary N) is 1. The van der Waals surface area contributed by atoms with Gasteiger partial charge in [-0.2, -0.15) is 0 Å². The first-order valence-corrected chi connectivity index (χ1v) is 10.6. The van der Waals surface area contributed by atoms with Crippen LogP contribution in [0.5, 0.6) is 0 Å². The van der Waals surface area contributed by atoms with Crippen LogP contribution in [-0.4, -0.2) is 32.2 Å². The van der Waals surface area contributed by atoms with Gasteiger partial charge < -0.3 is 20.4 Å². The fourth-order valence-electron chi connectivity index (χ4n) is 4.25. The van der Waals surface area contributed by atoms with Gasteiger partial charge in [-0.15, -0.1) is 0 Å². The fourth-order valence-corrected chi connectivity index (χ4v) is 4.25. The number of hydrogen-bond donors (Lipinski definition) is 2. The Labute approximate surface area is 175 Å². The molecule has 1 saturated heterocycles. The van der Waals surface area contributed by atoms with Crippen molar-refractivity contribution < 1.29 is 4.74 Å². The molecule has 0 aliphatic carbocycles. The van der Waals surface area contributed by atoms with E-state index in [0.29, 0.717) is 5.82 Å². The number of rotatable bonds is 6. The predicted molar refractivity (Wildman–Crippen MR) is 119 cm³/mol. The third kappa shape index (κ3) is 3.57. The number of pyridine rings is 1. The minimum Gasteiger partial charge on any atom is -0.383 e. The van der Waals surface area contributed by atoms with Crippen LogP contribution >= 0.6 is 0 Å². The van der Waals surface area contributed by atoms with Crippen LogP contribution in [0.2, 0.25) is 0 Å². The van der Waals surface area contributed by atoms with Gasteiger partial charge in [0.15, 0.2) is 0 Å². The summed E-state index contributed by atoms with van der Waals surface area (Å²) in [6, 6.07) is 12.7. The molecule has 0 amide bonds. The predicted octanol–water partition coefficient (Wildman–Crippen LogP) is 4.30. The number of aromatic nitrogens is 4. The van der Waals surface area contributed by atoms with Gasteiger partial charge in [0.1, 0.15) is 29.8 Å². The Morgan fingerprint density at radius 3 is 2.97 bits per heavy atom. The quantitative estimate of drug-likeness (QED) is 0.500. The van der Waals surface area contributed by atoms with E-state index >= 15 is 0 Å². The van der Waals surface area contributed by atoms with E-state index in [2.05, 4.69) is 51.0 Å². The smallest absolute Gasteiger partial charge is 0.147 e. The summed E-state index contributed by atoms with van der Waals surface area (Å²) < 4.78 is 8.43. The monoisotopic (exact) mass is 402 g/mol. The van der Waals surface area contributed by atoms with Crippen LogP contribution in [0.4, 0.5) is 11.6 Å². The topological polar surface area (TPSA) is 90.9 Å². The number of fused-ring (bicyclic) bond motifs is 2. The molecule has 30 heavy (non-hydrogen) atoms. The maximum Gasteiger partial charge on any atom is 0.147 e. The minimum absolute atomic E-state index is 0.00254.